The van der Waals surface area contributed by atoms with Gasteiger partial charge in [0.25, 0.3) is 0 Å². The standard InChI is InChI=1S/C16H22ClN3O.ClH/c17-13-3-1-12(2-4-13)9-15-10-19-16(21)11-20(15)14-5-7-18-8-6-14;/h1-4,14-15,18H,5-11H2,(H,19,21);1H/t15-;/m0./s1. The quantitative estimate of drug-likeness (QED) is 0.880. The molecule has 0 saturated carbocycles. The highest BCUT2D eigenvalue weighted by Crippen LogP contribution is 2.20. The summed E-state index contributed by atoms with van der Waals surface area (Å²) in [4.78, 5) is 14.2. The van der Waals surface area contributed by atoms with Gasteiger partial charge < -0.3 is 10.6 Å². The lowest BCUT2D eigenvalue weighted by Crippen LogP contribution is -2.59. The van der Waals surface area contributed by atoms with Crippen LogP contribution in [0, 0.1) is 0 Å². The van der Waals surface area contributed by atoms with Gasteiger partial charge in [-0.25, -0.2) is 0 Å². The number of nitrogens with one attached hydrogen (secondary N) is 2. The van der Waals surface area contributed by atoms with Crippen molar-refractivity contribution in [3.8, 4) is 0 Å². The molecule has 1 amide bonds. The molecule has 22 heavy (non-hydrogen) atoms. The Morgan fingerprint density at radius 2 is 1.86 bits per heavy atom. The molecule has 0 aromatic heterocycles. The van der Waals surface area contributed by atoms with Crippen LogP contribution in [0.1, 0.15) is 18.4 Å². The van der Waals surface area contributed by atoms with E-state index in [4.69, 9.17) is 11.6 Å². The predicted octanol–water partition coefficient (Wildman–Crippen LogP) is 1.86. The molecule has 0 radical (unpaired) electrons. The van der Waals surface area contributed by atoms with Crippen molar-refractivity contribution >= 4 is 29.9 Å². The van der Waals surface area contributed by atoms with Crippen LogP contribution < -0.4 is 10.6 Å². The van der Waals surface area contributed by atoms with E-state index in [2.05, 4.69) is 27.7 Å². The molecule has 2 fully saturated rings. The Kier molecular flexibility index (Phi) is 6.50. The van der Waals surface area contributed by atoms with Crippen molar-refractivity contribution in [1.29, 1.82) is 0 Å². The Morgan fingerprint density at radius 1 is 1.18 bits per heavy atom. The number of rotatable bonds is 3. The molecule has 0 unspecified atom stereocenters. The maximum absolute atomic E-state index is 11.8. The molecule has 0 bridgehead atoms. The number of hydrogen-bond donors (Lipinski definition) is 2. The average Bonchev–Trinajstić information content (AvgIpc) is 2.52. The van der Waals surface area contributed by atoms with Gasteiger partial charge in [-0.2, -0.15) is 0 Å². The molecule has 6 heteroatoms. The van der Waals surface area contributed by atoms with E-state index < -0.39 is 0 Å². The molecule has 0 aliphatic carbocycles. The highest BCUT2D eigenvalue weighted by atomic mass is 35.5. The van der Waals surface area contributed by atoms with E-state index >= 15 is 0 Å². The van der Waals surface area contributed by atoms with Gasteiger partial charge in [-0.05, 0) is 50.0 Å². The van der Waals surface area contributed by atoms with E-state index in [-0.39, 0.29) is 18.3 Å². The van der Waals surface area contributed by atoms with Crippen LogP contribution in [0.25, 0.3) is 0 Å². The Hall–Kier alpha value is -0.810. The van der Waals surface area contributed by atoms with Gasteiger partial charge in [-0.15, -0.1) is 12.4 Å². The summed E-state index contributed by atoms with van der Waals surface area (Å²) in [5, 5.41) is 7.17. The van der Waals surface area contributed by atoms with E-state index in [0.29, 0.717) is 18.6 Å². The van der Waals surface area contributed by atoms with Gasteiger partial charge in [0.2, 0.25) is 5.91 Å². The molecule has 4 nitrogen and oxygen atoms in total. The number of carbonyl (C=O) groups excluding carboxylic acids is 1. The summed E-state index contributed by atoms with van der Waals surface area (Å²) in [7, 11) is 0. The van der Waals surface area contributed by atoms with Gasteiger partial charge in [0.1, 0.15) is 0 Å². The zero-order valence-electron chi connectivity index (χ0n) is 12.6. The van der Waals surface area contributed by atoms with Gasteiger partial charge in [-0.3, -0.25) is 9.69 Å². The third kappa shape index (κ3) is 4.35. The van der Waals surface area contributed by atoms with Crippen LogP contribution in [0.2, 0.25) is 5.02 Å². The number of piperazine rings is 1. The number of halogens is 2. The van der Waals surface area contributed by atoms with Gasteiger partial charge in [0.05, 0.1) is 6.54 Å². The third-order valence-electron chi connectivity index (χ3n) is 4.49. The van der Waals surface area contributed by atoms with Crippen LogP contribution in [0.5, 0.6) is 0 Å². The van der Waals surface area contributed by atoms with Crippen LogP contribution in [-0.4, -0.2) is 49.1 Å². The smallest absolute Gasteiger partial charge is 0.234 e. The van der Waals surface area contributed by atoms with E-state index in [1.165, 1.54) is 5.56 Å². The van der Waals surface area contributed by atoms with Crippen LogP contribution in [0.4, 0.5) is 0 Å². The minimum atomic E-state index is 0. The van der Waals surface area contributed by atoms with Gasteiger partial charge in [-0.1, -0.05) is 23.7 Å². The summed E-state index contributed by atoms with van der Waals surface area (Å²) in [5.41, 5.74) is 1.28. The number of carbonyl (C=O) groups is 1. The Balaban J connectivity index is 0.00000176. The lowest BCUT2D eigenvalue weighted by Gasteiger charge is -2.42. The minimum absolute atomic E-state index is 0. The molecule has 3 rings (SSSR count). The van der Waals surface area contributed by atoms with Crippen LogP contribution in [0.15, 0.2) is 24.3 Å². The molecule has 122 valence electrons. The zero-order chi connectivity index (χ0) is 14.7. The number of piperidine rings is 1. The van der Waals surface area contributed by atoms with Crippen molar-refractivity contribution in [2.75, 3.05) is 26.2 Å². The van der Waals surface area contributed by atoms with E-state index in [0.717, 1.165) is 43.9 Å². The second-order valence-corrected chi connectivity index (χ2v) is 6.38. The SMILES string of the molecule is Cl.O=C1CN(C2CCNCC2)[C@@H](Cc2ccc(Cl)cc2)CN1. The Labute approximate surface area is 143 Å². The van der Waals surface area contributed by atoms with Gasteiger partial charge in [0, 0.05) is 23.7 Å². The molecule has 1 atom stereocenters. The molecule has 2 saturated heterocycles. The number of nitrogens with zero attached hydrogens (tertiary/aromatic N) is 1. The monoisotopic (exact) mass is 343 g/mol. The summed E-state index contributed by atoms with van der Waals surface area (Å²) in [6.45, 7) is 3.38. The molecule has 2 aliphatic heterocycles. The van der Waals surface area contributed by atoms with Crippen molar-refractivity contribution in [3.63, 3.8) is 0 Å². The van der Waals surface area contributed by atoms with Crippen molar-refractivity contribution in [3.05, 3.63) is 34.9 Å². The zero-order valence-corrected chi connectivity index (χ0v) is 14.1. The van der Waals surface area contributed by atoms with E-state index in [9.17, 15) is 4.79 Å². The lowest BCUT2D eigenvalue weighted by molar-refractivity contribution is -0.127. The summed E-state index contributed by atoms with van der Waals surface area (Å²) in [6, 6.07) is 8.94. The Morgan fingerprint density at radius 3 is 2.55 bits per heavy atom. The van der Waals surface area contributed by atoms with Crippen LogP contribution >= 0.6 is 24.0 Å². The summed E-state index contributed by atoms with van der Waals surface area (Å²) < 4.78 is 0. The first-order valence-corrected chi connectivity index (χ1v) is 8.08. The first-order chi connectivity index (χ1) is 10.2. The van der Waals surface area contributed by atoms with Gasteiger partial charge in [0.15, 0.2) is 0 Å². The maximum Gasteiger partial charge on any atom is 0.234 e. The fourth-order valence-corrected chi connectivity index (χ4v) is 3.47. The maximum atomic E-state index is 11.8. The van der Waals surface area contributed by atoms with Crippen molar-refractivity contribution < 1.29 is 4.79 Å². The molecule has 0 spiro atoms. The molecular weight excluding hydrogens is 321 g/mol. The molecule has 1 aromatic carbocycles. The molecular formula is C16H23Cl2N3O. The Bertz CT molecular complexity index is 489. The van der Waals surface area contributed by atoms with Crippen LogP contribution in [0.3, 0.4) is 0 Å². The fraction of sp³-hybridized carbons (Fsp3) is 0.562. The third-order valence-corrected chi connectivity index (χ3v) is 4.74. The van der Waals surface area contributed by atoms with Gasteiger partial charge >= 0.3 is 0 Å². The first-order valence-electron chi connectivity index (χ1n) is 7.70. The molecule has 2 heterocycles. The normalized spacial score (nSPS) is 23.7. The van der Waals surface area contributed by atoms with Crippen molar-refractivity contribution in [1.82, 2.24) is 15.5 Å². The lowest BCUT2D eigenvalue weighted by atomic mass is 9.97. The largest absolute Gasteiger partial charge is 0.353 e. The number of amides is 1. The highest BCUT2D eigenvalue weighted by Gasteiger charge is 2.32. The minimum Gasteiger partial charge on any atom is -0.353 e. The van der Waals surface area contributed by atoms with Crippen molar-refractivity contribution in [2.45, 2.75) is 31.3 Å². The number of hydrogen-bond acceptors (Lipinski definition) is 3. The number of benzene rings is 1. The fourth-order valence-electron chi connectivity index (χ4n) is 3.35. The molecule has 2 N–H and O–H groups in total. The summed E-state index contributed by atoms with van der Waals surface area (Å²) in [5.74, 6) is 0.154. The summed E-state index contributed by atoms with van der Waals surface area (Å²) in [6.07, 6.45) is 3.22. The molecule has 1 aromatic rings. The molecule has 2 aliphatic rings. The average molecular weight is 344 g/mol. The van der Waals surface area contributed by atoms with Crippen molar-refractivity contribution in [2.24, 2.45) is 0 Å². The second kappa shape index (κ2) is 8.16. The van der Waals surface area contributed by atoms with E-state index in [1.807, 2.05) is 12.1 Å². The first kappa shape index (κ1) is 17.5. The second-order valence-electron chi connectivity index (χ2n) is 5.94. The predicted molar refractivity (Wildman–Crippen MR) is 91.8 cm³/mol. The van der Waals surface area contributed by atoms with Crippen LogP contribution in [-0.2, 0) is 11.2 Å². The highest BCUT2D eigenvalue weighted by molar-refractivity contribution is 6.30. The van der Waals surface area contributed by atoms with E-state index in [1.54, 1.807) is 0 Å². The summed E-state index contributed by atoms with van der Waals surface area (Å²) >= 11 is 5.95. The topological polar surface area (TPSA) is 44.4 Å².